The first-order valence-corrected chi connectivity index (χ1v) is 6.03. The van der Waals surface area contributed by atoms with Crippen molar-refractivity contribution < 1.29 is 17.7 Å². The number of alkyl halides is 3. The van der Waals surface area contributed by atoms with Crippen LogP contribution in [0.1, 0.15) is 35.7 Å². The lowest BCUT2D eigenvalue weighted by Crippen LogP contribution is -2.31. The lowest BCUT2D eigenvalue weighted by molar-refractivity contribution is -0.139. The van der Waals surface area contributed by atoms with Gasteiger partial charge in [-0.25, -0.2) is 4.68 Å². The summed E-state index contributed by atoms with van der Waals surface area (Å²) in [4.78, 5) is 11.9. The van der Waals surface area contributed by atoms with Crippen molar-refractivity contribution >= 4 is 0 Å². The van der Waals surface area contributed by atoms with E-state index in [0.717, 1.165) is 23.6 Å². The van der Waals surface area contributed by atoms with E-state index >= 15 is 0 Å². The molecule has 106 valence electrons. The van der Waals surface area contributed by atoms with Crippen molar-refractivity contribution in [2.75, 3.05) is 0 Å². The number of aromatic nitrogens is 3. The Morgan fingerprint density at radius 3 is 2.70 bits per heavy atom. The summed E-state index contributed by atoms with van der Waals surface area (Å²) in [5.41, 5.74) is -1.69. The van der Waals surface area contributed by atoms with E-state index in [2.05, 4.69) is 14.8 Å². The molecule has 0 spiro atoms. The molecule has 1 aliphatic carbocycles. The fraction of sp³-hybridized carbons (Fsp3) is 0.417. The van der Waals surface area contributed by atoms with Gasteiger partial charge in [0.2, 0.25) is 0 Å². The normalized spacial score (nSPS) is 15.6. The van der Waals surface area contributed by atoms with Gasteiger partial charge in [-0.15, -0.1) is 0 Å². The molecule has 0 atom stereocenters. The lowest BCUT2D eigenvalue weighted by atomic mass is 10.2. The Bertz CT molecular complexity index is 672. The Kier molecular flexibility index (Phi) is 2.88. The number of nitrogens with zero attached hydrogens (tertiary/aromatic N) is 3. The zero-order valence-corrected chi connectivity index (χ0v) is 10.2. The van der Waals surface area contributed by atoms with Crippen molar-refractivity contribution in [3.05, 3.63) is 45.7 Å². The second-order valence-electron chi connectivity index (χ2n) is 4.71. The SMILES string of the molecule is O=c1c(C(F)(F)F)cc(C2CC2)nn1Cc1ccon1. The van der Waals surface area contributed by atoms with Crippen molar-refractivity contribution in [3.8, 4) is 0 Å². The highest BCUT2D eigenvalue weighted by Crippen LogP contribution is 2.40. The molecule has 2 aromatic heterocycles. The molecule has 1 saturated carbocycles. The average molecular weight is 285 g/mol. The van der Waals surface area contributed by atoms with Crippen molar-refractivity contribution in [3.63, 3.8) is 0 Å². The van der Waals surface area contributed by atoms with E-state index in [1.807, 2.05) is 0 Å². The number of rotatable bonds is 3. The third kappa shape index (κ3) is 2.45. The van der Waals surface area contributed by atoms with Gasteiger partial charge in [0.05, 0.1) is 12.2 Å². The minimum Gasteiger partial charge on any atom is -0.364 e. The summed E-state index contributed by atoms with van der Waals surface area (Å²) in [7, 11) is 0. The molecular formula is C12H10F3N3O2. The molecule has 20 heavy (non-hydrogen) atoms. The molecule has 8 heteroatoms. The average Bonchev–Trinajstić information content (AvgIpc) is 3.09. The van der Waals surface area contributed by atoms with E-state index in [1.54, 1.807) is 0 Å². The van der Waals surface area contributed by atoms with Crippen LogP contribution in [0.25, 0.3) is 0 Å². The van der Waals surface area contributed by atoms with Crippen LogP contribution in [0.2, 0.25) is 0 Å². The largest absolute Gasteiger partial charge is 0.421 e. The molecule has 2 heterocycles. The van der Waals surface area contributed by atoms with Gasteiger partial charge in [0.25, 0.3) is 5.56 Å². The molecule has 0 N–H and O–H groups in total. The van der Waals surface area contributed by atoms with E-state index < -0.39 is 17.3 Å². The van der Waals surface area contributed by atoms with Crippen LogP contribution in [0.15, 0.2) is 27.7 Å². The maximum atomic E-state index is 12.9. The maximum Gasteiger partial charge on any atom is 0.421 e. The summed E-state index contributed by atoms with van der Waals surface area (Å²) in [6.45, 7) is -0.140. The highest BCUT2D eigenvalue weighted by atomic mass is 19.4. The smallest absolute Gasteiger partial charge is 0.364 e. The van der Waals surface area contributed by atoms with Gasteiger partial charge in [0.1, 0.15) is 17.5 Å². The van der Waals surface area contributed by atoms with Crippen LogP contribution in [-0.4, -0.2) is 14.9 Å². The standard InChI is InChI=1S/C12H10F3N3O2/c13-12(14,15)9-5-10(7-1-2-7)16-18(11(9)19)6-8-3-4-20-17-8/h3-5,7H,1-2,6H2. The van der Waals surface area contributed by atoms with Gasteiger partial charge in [0, 0.05) is 12.0 Å². The van der Waals surface area contributed by atoms with E-state index in [1.165, 1.54) is 12.3 Å². The quantitative estimate of drug-likeness (QED) is 0.867. The Morgan fingerprint density at radius 2 is 2.15 bits per heavy atom. The van der Waals surface area contributed by atoms with Gasteiger partial charge in [-0.2, -0.15) is 18.3 Å². The predicted molar refractivity (Wildman–Crippen MR) is 61.1 cm³/mol. The van der Waals surface area contributed by atoms with E-state index in [4.69, 9.17) is 0 Å². The fourth-order valence-corrected chi connectivity index (χ4v) is 1.92. The molecule has 0 amide bonds. The molecule has 0 saturated heterocycles. The molecule has 0 radical (unpaired) electrons. The molecule has 0 aliphatic heterocycles. The summed E-state index contributed by atoms with van der Waals surface area (Å²) in [5, 5.41) is 7.58. The van der Waals surface area contributed by atoms with Gasteiger partial charge < -0.3 is 4.52 Å². The zero-order chi connectivity index (χ0) is 14.3. The molecule has 0 unspecified atom stereocenters. The number of hydrogen-bond donors (Lipinski definition) is 0. The third-order valence-electron chi connectivity index (χ3n) is 3.10. The van der Waals surface area contributed by atoms with Crippen molar-refractivity contribution in [1.29, 1.82) is 0 Å². The van der Waals surface area contributed by atoms with Crippen LogP contribution in [0, 0.1) is 0 Å². The second kappa shape index (κ2) is 4.46. The Labute approximate surface area is 111 Å². The monoisotopic (exact) mass is 285 g/mol. The first-order valence-electron chi connectivity index (χ1n) is 6.03. The first kappa shape index (κ1) is 12.9. The topological polar surface area (TPSA) is 60.9 Å². The second-order valence-corrected chi connectivity index (χ2v) is 4.71. The minimum atomic E-state index is -4.69. The van der Waals surface area contributed by atoms with E-state index in [-0.39, 0.29) is 12.5 Å². The number of halogens is 3. The van der Waals surface area contributed by atoms with Crippen LogP contribution in [-0.2, 0) is 12.7 Å². The van der Waals surface area contributed by atoms with E-state index in [9.17, 15) is 18.0 Å². The van der Waals surface area contributed by atoms with Crippen molar-refractivity contribution in [2.24, 2.45) is 0 Å². The lowest BCUT2D eigenvalue weighted by Gasteiger charge is -2.11. The predicted octanol–water partition coefficient (Wildman–Crippen LogP) is 2.18. The summed E-state index contributed by atoms with van der Waals surface area (Å²) in [6, 6.07) is 2.34. The summed E-state index contributed by atoms with van der Waals surface area (Å²) >= 11 is 0. The zero-order valence-electron chi connectivity index (χ0n) is 10.2. The molecule has 0 bridgehead atoms. The van der Waals surface area contributed by atoms with Crippen LogP contribution in [0.5, 0.6) is 0 Å². The first-order chi connectivity index (χ1) is 9.45. The molecule has 1 fully saturated rings. The molecule has 0 aromatic carbocycles. The van der Waals surface area contributed by atoms with Crippen LogP contribution < -0.4 is 5.56 Å². The third-order valence-corrected chi connectivity index (χ3v) is 3.10. The Balaban J connectivity index is 2.07. The summed E-state index contributed by atoms with van der Waals surface area (Å²) in [6.07, 6.45) is -1.80. The van der Waals surface area contributed by atoms with Crippen molar-refractivity contribution in [1.82, 2.24) is 14.9 Å². The van der Waals surface area contributed by atoms with Gasteiger partial charge >= 0.3 is 6.18 Å². The van der Waals surface area contributed by atoms with Gasteiger partial charge in [-0.3, -0.25) is 4.79 Å². The van der Waals surface area contributed by atoms with E-state index in [0.29, 0.717) is 11.4 Å². The summed E-state index contributed by atoms with van der Waals surface area (Å²) in [5.74, 6) is 0.0141. The molecule has 1 aliphatic rings. The molecule has 2 aromatic rings. The van der Waals surface area contributed by atoms with Crippen LogP contribution in [0.4, 0.5) is 13.2 Å². The van der Waals surface area contributed by atoms with Crippen LogP contribution in [0.3, 0.4) is 0 Å². The summed E-state index contributed by atoms with van der Waals surface area (Å²) < 4.78 is 44.1. The number of hydrogen-bond acceptors (Lipinski definition) is 4. The Hall–Kier alpha value is -2.12. The Morgan fingerprint density at radius 1 is 1.40 bits per heavy atom. The van der Waals surface area contributed by atoms with Gasteiger partial charge in [-0.1, -0.05) is 5.16 Å². The van der Waals surface area contributed by atoms with Gasteiger partial charge in [0.15, 0.2) is 0 Å². The van der Waals surface area contributed by atoms with Gasteiger partial charge in [-0.05, 0) is 18.9 Å². The minimum absolute atomic E-state index is 0.0141. The molecule has 5 nitrogen and oxygen atoms in total. The highest BCUT2D eigenvalue weighted by Gasteiger charge is 2.37. The molecular weight excluding hydrogens is 275 g/mol. The van der Waals surface area contributed by atoms with Crippen LogP contribution >= 0.6 is 0 Å². The highest BCUT2D eigenvalue weighted by molar-refractivity contribution is 5.22. The fourth-order valence-electron chi connectivity index (χ4n) is 1.92. The molecule has 3 rings (SSSR count). The van der Waals surface area contributed by atoms with Crippen molar-refractivity contribution in [2.45, 2.75) is 31.5 Å². The maximum absolute atomic E-state index is 12.9.